The van der Waals surface area contributed by atoms with E-state index in [9.17, 15) is 0 Å². The summed E-state index contributed by atoms with van der Waals surface area (Å²) < 4.78 is 4.00. The average Bonchev–Trinajstić information content (AvgIpc) is 2.99. The molecular formula is C16H21N5. The molecule has 3 heterocycles. The summed E-state index contributed by atoms with van der Waals surface area (Å²) >= 11 is 0. The third kappa shape index (κ3) is 2.04. The number of fused-ring (bicyclic) bond motifs is 1. The molecule has 21 heavy (non-hydrogen) atoms. The molecule has 0 aliphatic rings. The van der Waals surface area contributed by atoms with Crippen molar-refractivity contribution in [1.82, 2.24) is 24.1 Å². The Balaban J connectivity index is 2.25. The fourth-order valence-corrected chi connectivity index (χ4v) is 2.89. The summed E-state index contributed by atoms with van der Waals surface area (Å²) in [6.45, 7) is 10.7. The lowest BCUT2D eigenvalue weighted by atomic mass is 10.0. The average molecular weight is 283 g/mol. The first-order valence-electron chi connectivity index (χ1n) is 7.19. The van der Waals surface area contributed by atoms with E-state index in [-0.39, 0.29) is 0 Å². The van der Waals surface area contributed by atoms with E-state index in [0.29, 0.717) is 6.42 Å². The lowest BCUT2D eigenvalue weighted by molar-refractivity contribution is 0.745. The van der Waals surface area contributed by atoms with E-state index < -0.39 is 0 Å². The standard InChI is InChI=1S/C16H21N5/c1-9-10(2)13(5)21-14(7-15-17-8-20(6)19-15)12(4)18-16(21)11(9)3/h8H,7H2,1-6H3. The normalized spacial score (nSPS) is 11.5. The Morgan fingerprint density at radius 3 is 2.33 bits per heavy atom. The van der Waals surface area contributed by atoms with Gasteiger partial charge in [0.05, 0.1) is 17.8 Å². The van der Waals surface area contributed by atoms with Crippen LogP contribution in [0.25, 0.3) is 5.65 Å². The lowest BCUT2D eigenvalue weighted by Gasteiger charge is -2.13. The van der Waals surface area contributed by atoms with Crippen molar-refractivity contribution in [3.05, 3.63) is 45.9 Å². The third-order valence-electron chi connectivity index (χ3n) is 4.48. The van der Waals surface area contributed by atoms with Gasteiger partial charge >= 0.3 is 0 Å². The zero-order chi connectivity index (χ0) is 15.3. The first kappa shape index (κ1) is 13.8. The molecule has 0 radical (unpaired) electrons. The predicted molar refractivity (Wildman–Crippen MR) is 82.7 cm³/mol. The molecule has 0 N–H and O–H groups in total. The van der Waals surface area contributed by atoms with Crippen LogP contribution in [0.3, 0.4) is 0 Å². The summed E-state index contributed by atoms with van der Waals surface area (Å²) in [5.74, 6) is 0.831. The Bertz CT molecular complexity index is 838. The molecule has 0 aromatic carbocycles. The monoisotopic (exact) mass is 283 g/mol. The fraction of sp³-hybridized carbons (Fsp3) is 0.438. The SMILES string of the molecule is Cc1nc2c(C)c(C)c(C)c(C)n2c1Cc1ncn(C)n1. The second-order valence-corrected chi connectivity index (χ2v) is 5.77. The van der Waals surface area contributed by atoms with Gasteiger partial charge in [0.15, 0.2) is 5.82 Å². The van der Waals surface area contributed by atoms with Gasteiger partial charge in [0.2, 0.25) is 0 Å². The van der Waals surface area contributed by atoms with Crippen molar-refractivity contribution in [2.45, 2.75) is 41.0 Å². The molecule has 3 aromatic heterocycles. The summed E-state index contributed by atoms with van der Waals surface area (Å²) in [6.07, 6.45) is 2.44. The van der Waals surface area contributed by atoms with Crippen molar-refractivity contribution in [3.8, 4) is 0 Å². The smallest absolute Gasteiger partial charge is 0.156 e. The molecule has 0 fully saturated rings. The van der Waals surface area contributed by atoms with Crippen molar-refractivity contribution >= 4 is 5.65 Å². The Morgan fingerprint density at radius 1 is 1.00 bits per heavy atom. The van der Waals surface area contributed by atoms with Crippen LogP contribution in [0.15, 0.2) is 6.33 Å². The molecule has 0 saturated carbocycles. The summed E-state index contributed by atoms with van der Waals surface area (Å²) in [5.41, 5.74) is 8.44. The number of rotatable bonds is 2. The first-order chi connectivity index (χ1) is 9.90. The fourth-order valence-electron chi connectivity index (χ4n) is 2.89. The van der Waals surface area contributed by atoms with E-state index >= 15 is 0 Å². The zero-order valence-electron chi connectivity index (χ0n) is 13.5. The minimum absolute atomic E-state index is 0.705. The molecule has 0 aliphatic heterocycles. The number of pyridine rings is 1. The highest BCUT2D eigenvalue weighted by molar-refractivity contribution is 5.58. The van der Waals surface area contributed by atoms with Crippen LogP contribution in [0, 0.1) is 34.6 Å². The summed E-state index contributed by atoms with van der Waals surface area (Å²) in [6, 6.07) is 0. The van der Waals surface area contributed by atoms with Crippen molar-refractivity contribution in [3.63, 3.8) is 0 Å². The highest BCUT2D eigenvalue weighted by atomic mass is 15.3. The summed E-state index contributed by atoms with van der Waals surface area (Å²) in [7, 11) is 1.89. The summed E-state index contributed by atoms with van der Waals surface area (Å²) in [5, 5.41) is 4.39. The van der Waals surface area contributed by atoms with E-state index in [1.165, 1.54) is 28.1 Å². The van der Waals surface area contributed by atoms with Crippen molar-refractivity contribution in [2.75, 3.05) is 0 Å². The first-order valence-corrected chi connectivity index (χ1v) is 7.19. The lowest BCUT2D eigenvalue weighted by Crippen LogP contribution is -2.06. The summed E-state index contributed by atoms with van der Waals surface area (Å²) in [4.78, 5) is 9.12. The molecule has 5 heteroatoms. The van der Waals surface area contributed by atoms with E-state index in [4.69, 9.17) is 4.98 Å². The number of aromatic nitrogens is 5. The van der Waals surface area contributed by atoms with Crippen LogP contribution in [0.4, 0.5) is 0 Å². The minimum Gasteiger partial charge on any atom is -0.300 e. The largest absolute Gasteiger partial charge is 0.300 e. The van der Waals surface area contributed by atoms with Gasteiger partial charge in [-0.15, -0.1) is 0 Å². The zero-order valence-corrected chi connectivity index (χ0v) is 13.5. The molecule has 0 aliphatic carbocycles. The van der Waals surface area contributed by atoms with E-state index in [1.807, 2.05) is 7.05 Å². The molecule has 0 saturated heterocycles. The molecule has 110 valence electrons. The van der Waals surface area contributed by atoms with Gasteiger partial charge < -0.3 is 4.40 Å². The minimum atomic E-state index is 0.705. The highest BCUT2D eigenvalue weighted by Crippen LogP contribution is 2.25. The van der Waals surface area contributed by atoms with Crippen LogP contribution in [0.2, 0.25) is 0 Å². The molecule has 0 spiro atoms. The number of nitrogens with zero attached hydrogens (tertiary/aromatic N) is 5. The second kappa shape index (κ2) is 4.69. The predicted octanol–water partition coefficient (Wildman–Crippen LogP) is 2.60. The second-order valence-electron chi connectivity index (χ2n) is 5.77. The van der Waals surface area contributed by atoms with Crippen LogP contribution in [-0.4, -0.2) is 24.1 Å². The van der Waals surface area contributed by atoms with Crippen LogP contribution >= 0.6 is 0 Å². The molecule has 5 nitrogen and oxygen atoms in total. The quantitative estimate of drug-likeness (QED) is 0.726. The molecule has 0 amide bonds. The van der Waals surface area contributed by atoms with Crippen molar-refractivity contribution in [2.24, 2.45) is 7.05 Å². The van der Waals surface area contributed by atoms with Gasteiger partial charge in [-0.3, -0.25) is 4.68 Å². The maximum Gasteiger partial charge on any atom is 0.156 e. The number of hydrogen-bond acceptors (Lipinski definition) is 3. The van der Waals surface area contributed by atoms with Gasteiger partial charge in [0.1, 0.15) is 12.0 Å². The van der Waals surface area contributed by atoms with Crippen LogP contribution in [0.1, 0.15) is 39.6 Å². The maximum absolute atomic E-state index is 4.78. The van der Waals surface area contributed by atoms with E-state index in [0.717, 1.165) is 17.2 Å². The maximum atomic E-state index is 4.78. The number of aryl methyl sites for hydroxylation is 4. The van der Waals surface area contributed by atoms with E-state index in [2.05, 4.69) is 49.1 Å². The van der Waals surface area contributed by atoms with Crippen LogP contribution < -0.4 is 0 Å². The van der Waals surface area contributed by atoms with Gasteiger partial charge in [0, 0.05) is 12.7 Å². The Morgan fingerprint density at radius 2 is 1.71 bits per heavy atom. The van der Waals surface area contributed by atoms with Gasteiger partial charge in [-0.25, -0.2) is 9.97 Å². The molecule has 3 aromatic rings. The van der Waals surface area contributed by atoms with E-state index in [1.54, 1.807) is 11.0 Å². The molecule has 0 bridgehead atoms. The van der Waals surface area contributed by atoms with Crippen molar-refractivity contribution in [1.29, 1.82) is 0 Å². The third-order valence-corrected chi connectivity index (χ3v) is 4.48. The molecular weight excluding hydrogens is 262 g/mol. The molecule has 0 atom stereocenters. The number of hydrogen-bond donors (Lipinski definition) is 0. The Kier molecular flexibility index (Phi) is 3.08. The number of imidazole rings is 1. The van der Waals surface area contributed by atoms with Gasteiger partial charge in [-0.1, -0.05) is 0 Å². The Hall–Kier alpha value is -2.17. The van der Waals surface area contributed by atoms with Gasteiger partial charge in [0.25, 0.3) is 0 Å². The topological polar surface area (TPSA) is 48.0 Å². The van der Waals surface area contributed by atoms with Gasteiger partial charge in [-0.2, -0.15) is 5.10 Å². The highest BCUT2D eigenvalue weighted by Gasteiger charge is 2.17. The van der Waals surface area contributed by atoms with Crippen molar-refractivity contribution < 1.29 is 0 Å². The Labute approximate surface area is 124 Å². The molecule has 0 unspecified atom stereocenters. The van der Waals surface area contributed by atoms with Gasteiger partial charge in [-0.05, 0) is 51.3 Å². The van der Waals surface area contributed by atoms with Crippen LogP contribution in [0.5, 0.6) is 0 Å². The van der Waals surface area contributed by atoms with Crippen LogP contribution in [-0.2, 0) is 13.5 Å². The molecule has 3 rings (SSSR count).